The minimum atomic E-state index is 0.285. The summed E-state index contributed by atoms with van der Waals surface area (Å²) in [4.78, 5) is 16.9. The minimum absolute atomic E-state index is 0.285. The largest absolute Gasteiger partial charge is 0.497 e. The normalized spacial score (nSPS) is 19.6. The Labute approximate surface area is 126 Å². The van der Waals surface area contributed by atoms with E-state index in [2.05, 4.69) is 11.0 Å². The maximum absolute atomic E-state index is 12.3. The van der Waals surface area contributed by atoms with E-state index in [9.17, 15) is 4.79 Å². The molecular weight excluding hydrogens is 264 g/mol. The maximum atomic E-state index is 12.3. The zero-order valence-electron chi connectivity index (χ0n) is 12.8. The van der Waals surface area contributed by atoms with Gasteiger partial charge in [0.25, 0.3) is 0 Å². The van der Waals surface area contributed by atoms with E-state index in [1.165, 1.54) is 18.4 Å². The quantitative estimate of drug-likeness (QED) is 0.830. The van der Waals surface area contributed by atoms with Gasteiger partial charge < -0.3 is 9.64 Å². The number of methoxy groups -OCH3 is 1. The lowest BCUT2D eigenvalue weighted by atomic mass is 10.1. The number of carbonyl (C=O) groups is 1. The van der Waals surface area contributed by atoms with Crippen molar-refractivity contribution in [2.45, 2.75) is 31.7 Å². The molecule has 0 atom stereocenters. The average molecular weight is 288 g/mol. The molecule has 0 spiro atoms. The van der Waals surface area contributed by atoms with Gasteiger partial charge in [0, 0.05) is 38.6 Å². The van der Waals surface area contributed by atoms with Crippen molar-refractivity contribution >= 4 is 5.91 Å². The number of hydrogen-bond donors (Lipinski definition) is 0. The lowest BCUT2D eigenvalue weighted by Gasteiger charge is -2.34. The van der Waals surface area contributed by atoms with E-state index in [-0.39, 0.29) is 5.91 Å². The van der Waals surface area contributed by atoms with Gasteiger partial charge in [-0.2, -0.15) is 0 Å². The van der Waals surface area contributed by atoms with Gasteiger partial charge in [-0.05, 0) is 37.0 Å². The van der Waals surface area contributed by atoms with Gasteiger partial charge in [-0.15, -0.1) is 0 Å². The van der Waals surface area contributed by atoms with Crippen LogP contribution in [0.5, 0.6) is 5.75 Å². The van der Waals surface area contributed by atoms with Crippen molar-refractivity contribution in [3.05, 3.63) is 29.8 Å². The van der Waals surface area contributed by atoms with Crippen molar-refractivity contribution in [3.8, 4) is 5.75 Å². The summed E-state index contributed by atoms with van der Waals surface area (Å²) in [6.45, 7) is 3.89. The molecule has 1 aromatic carbocycles. The van der Waals surface area contributed by atoms with E-state index in [1.54, 1.807) is 7.11 Å². The van der Waals surface area contributed by atoms with Crippen LogP contribution in [0.4, 0.5) is 0 Å². The van der Waals surface area contributed by atoms with Gasteiger partial charge in [0.15, 0.2) is 0 Å². The summed E-state index contributed by atoms with van der Waals surface area (Å²) < 4.78 is 5.22. The molecule has 1 aromatic rings. The molecule has 4 nitrogen and oxygen atoms in total. The molecule has 0 unspecified atom stereocenters. The first-order valence-corrected chi connectivity index (χ1v) is 7.91. The van der Waals surface area contributed by atoms with Crippen molar-refractivity contribution in [3.63, 3.8) is 0 Å². The number of carbonyl (C=O) groups excluding carboxylic acids is 1. The number of piperazine rings is 1. The van der Waals surface area contributed by atoms with Crippen LogP contribution < -0.4 is 4.74 Å². The molecule has 1 heterocycles. The summed E-state index contributed by atoms with van der Waals surface area (Å²) in [6, 6.07) is 8.80. The highest BCUT2D eigenvalue weighted by Gasteiger charge is 2.31. The lowest BCUT2D eigenvalue weighted by molar-refractivity contribution is -0.133. The second-order valence-electron chi connectivity index (χ2n) is 6.00. The second kappa shape index (κ2) is 6.48. The monoisotopic (exact) mass is 288 g/mol. The van der Waals surface area contributed by atoms with Crippen LogP contribution in [0.25, 0.3) is 0 Å². The Bertz CT molecular complexity index is 491. The number of amides is 1. The highest BCUT2D eigenvalue weighted by atomic mass is 16.5. The van der Waals surface area contributed by atoms with Crippen LogP contribution in [0.2, 0.25) is 0 Å². The number of hydrogen-bond acceptors (Lipinski definition) is 3. The van der Waals surface area contributed by atoms with Crippen LogP contribution in [-0.4, -0.2) is 55.0 Å². The van der Waals surface area contributed by atoms with E-state index < -0.39 is 0 Å². The van der Waals surface area contributed by atoms with E-state index in [1.807, 2.05) is 23.1 Å². The first-order valence-electron chi connectivity index (χ1n) is 7.91. The molecule has 0 N–H and O–H groups in total. The van der Waals surface area contributed by atoms with E-state index >= 15 is 0 Å². The van der Waals surface area contributed by atoms with E-state index in [0.29, 0.717) is 6.42 Å². The van der Waals surface area contributed by atoms with Crippen LogP contribution in [0.3, 0.4) is 0 Å². The molecule has 1 amide bonds. The Morgan fingerprint density at radius 3 is 2.67 bits per heavy atom. The van der Waals surface area contributed by atoms with Gasteiger partial charge in [-0.3, -0.25) is 9.69 Å². The van der Waals surface area contributed by atoms with Crippen LogP contribution in [0.15, 0.2) is 24.3 Å². The van der Waals surface area contributed by atoms with Crippen molar-refractivity contribution < 1.29 is 9.53 Å². The number of rotatable bonds is 5. The minimum Gasteiger partial charge on any atom is -0.497 e. The van der Waals surface area contributed by atoms with Gasteiger partial charge in [0.05, 0.1) is 7.11 Å². The molecule has 1 aliphatic heterocycles. The molecule has 1 saturated carbocycles. The van der Waals surface area contributed by atoms with Crippen LogP contribution in [-0.2, 0) is 11.2 Å². The molecule has 2 aliphatic rings. The third kappa shape index (κ3) is 3.76. The maximum Gasteiger partial charge on any atom is 0.222 e. The molecule has 1 saturated heterocycles. The first kappa shape index (κ1) is 14.4. The van der Waals surface area contributed by atoms with Crippen molar-refractivity contribution in [1.82, 2.24) is 9.80 Å². The highest BCUT2D eigenvalue weighted by Crippen LogP contribution is 2.27. The zero-order chi connectivity index (χ0) is 14.7. The van der Waals surface area contributed by atoms with Gasteiger partial charge in [0.1, 0.15) is 5.75 Å². The SMILES string of the molecule is COc1cccc(CCC(=O)N2CCN(C3CC3)CC2)c1. The smallest absolute Gasteiger partial charge is 0.222 e. The van der Waals surface area contributed by atoms with Crippen molar-refractivity contribution in [2.24, 2.45) is 0 Å². The Balaban J connectivity index is 1.45. The Hall–Kier alpha value is -1.55. The number of ether oxygens (including phenoxy) is 1. The molecule has 3 rings (SSSR count). The van der Waals surface area contributed by atoms with Gasteiger partial charge >= 0.3 is 0 Å². The van der Waals surface area contributed by atoms with Gasteiger partial charge in [0.2, 0.25) is 5.91 Å². The number of benzene rings is 1. The number of nitrogens with zero attached hydrogens (tertiary/aromatic N) is 2. The fourth-order valence-electron chi connectivity index (χ4n) is 3.01. The Morgan fingerprint density at radius 1 is 1.24 bits per heavy atom. The molecule has 0 radical (unpaired) electrons. The third-order valence-corrected chi connectivity index (χ3v) is 4.49. The van der Waals surface area contributed by atoms with Crippen LogP contribution >= 0.6 is 0 Å². The Kier molecular flexibility index (Phi) is 4.44. The fraction of sp³-hybridized carbons (Fsp3) is 0.588. The standard InChI is InChI=1S/C17H24N2O2/c1-21-16-4-2-3-14(13-16)5-8-17(20)19-11-9-18(10-12-19)15-6-7-15/h2-4,13,15H,5-12H2,1H3. The third-order valence-electron chi connectivity index (χ3n) is 4.49. The summed E-state index contributed by atoms with van der Waals surface area (Å²) in [6.07, 6.45) is 4.09. The molecule has 0 bridgehead atoms. The predicted octanol–water partition coefficient (Wildman–Crippen LogP) is 1.93. The van der Waals surface area contributed by atoms with Crippen molar-refractivity contribution in [2.75, 3.05) is 33.3 Å². The van der Waals surface area contributed by atoms with Crippen LogP contribution in [0.1, 0.15) is 24.8 Å². The molecule has 21 heavy (non-hydrogen) atoms. The molecule has 0 aromatic heterocycles. The predicted molar refractivity (Wildman–Crippen MR) is 82.5 cm³/mol. The molecule has 2 fully saturated rings. The molecule has 1 aliphatic carbocycles. The summed E-state index contributed by atoms with van der Waals surface area (Å²) >= 11 is 0. The van der Waals surface area contributed by atoms with Crippen molar-refractivity contribution in [1.29, 1.82) is 0 Å². The summed E-state index contributed by atoms with van der Waals surface area (Å²) in [7, 11) is 1.67. The zero-order valence-corrected chi connectivity index (χ0v) is 12.8. The van der Waals surface area contributed by atoms with Gasteiger partial charge in [-0.25, -0.2) is 0 Å². The van der Waals surface area contributed by atoms with Gasteiger partial charge in [-0.1, -0.05) is 12.1 Å². The fourth-order valence-corrected chi connectivity index (χ4v) is 3.01. The number of aryl methyl sites for hydroxylation is 1. The molecular formula is C17H24N2O2. The summed E-state index contributed by atoms with van der Waals surface area (Å²) in [5.41, 5.74) is 1.17. The topological polar surface area (TPSA) is 32.8 Å². The summed E-state index contributed by atoms with van der Waals surface area (Å²) in [5, 5.41) is 0. The summed E-state index contributed by atoms with van der Waals surface area (Å²) in [5.74, 6) is 1.14. The second-order valence-corrected chi connectivity index (χ2v) is 6.00. The Morgan fingerprint density at radius 2 is 2.00 bits per heavy atom. The molecule has 114 valence electrons. The van der Waals surface area contributed by atoms with E-state index in [0.717, 1.165) is 44.4 Å². The lowest BCUT2D eigenvalue weighted by Crippen LogP contribution is -2.49. The first-order chi connectivity index (χ1) is 10.3. The molecule has 4 heteroatoms. The van der Waals surface area contributed by atoms with Crippen LogP contribution in [0, 0.1) is 0 Å². The average Bonchev–Trinajstić information content (AvgIpc) is 3.38. The highest BCUT2D eigenvalue weighted by molar-refractivity contribution is 5.76. The van der Waals surface area contributed by atoms with E-state index in [4.69, 9.17) is 4.74 Å².